The molecule has 0 aliphatic carbocycles. The number of benzene rings is 2. The van der Waals surface area contributed by atoms with E-state index in [0.29, 0.717) is 37.3 Å². The van der Waals surface area contributed by atoms with E-state index in [1.165, 1.54) is 0 Å². The molecule has 0 bridgehead atoms. The van der Waals surface area contributed by atoms with E-state index in [9.17, 15) is 27.6 Å². The number of aromatic amines is 2. The van der Waals surface area contributed by atoms with Crippen LogP contribution < -0.4 is 10.1 Å². The number of amides is 1. The lowest BCUT2D eigenvalue weighted by molar-refractivity contribution is -0.199. The van der Waals surface area contributed by atoms with Gasteiger partial charge in [-0.25, -0.2) is 9.78 Å². The average molecular weight is 599 g/mol. The van der Waals surface area contributed by atoms with Gasteiger partial charge in [0.05, 0.1) is 31.5 Å². The molecule has 9 nitrogen and oxygen atoms in total. The van der Waals surface area contributed by atoms with Gasteiger partial charge in [-0.15, -0.1) is 0 Å². The highest BCUT2D eigenvalue weighted by molar-refractivity contribution is 5.91. The second-order valence-electron chi connectivity index (χ2n) is 10.2. The van der Waals surface area contributed by atoms with Crippen molar-refractivity contribution in [2.45, 2.75) is 57.7 Å². The van der Waals surface area contributed by atoms with Gasteiger partial charge in [-0.2, -0.15) is 13.2 Å². The molecule has 0 spiro atoms. The molecule has 2 aromatic carbocycles. The largest absolute Gasteiger partial charge is 0.497 e. The van der Waals surface area contributed by atoms with E-state index >= 15 is 0 Å². The number of carbonyl (C=O) groups excluding carboxylic acids is 3. The number of halogens is 3. The molecule has 0 radical (unpaired) electrons. The van der Waals surface area contributed by atoms with Crippen LogP contribution in [0.5, 0.6) is 5.75 Å². The number of ether oxygens (including phenoxy) is 2. The van der Waals surface area contributed by atoms with Crippen LogP contribution in [0.25, 0.3) is 22.2 Å². The zero-order valence-electron chi connectivity index (χ0n) is 23.8. The Bertz CT molecular complexity index is 1560. The van der Waals surface area contributed by atoms with Gasteiger partial charge in [0.15, 0.2) is 5.78 Å². The van der Waals surface area contributed by atoms with E-state index in [4.69, 9.17) is 4.74 Å². The van der Waals surface area contributed by atoms with Crippen molar-refractivity contribution in [2.75, 3.05) is 13.7 Å². The predicted octanol–water partition coefficient (Wildman–Crippen LogP) is 5.90. The predicted molar refractivity (Wildman–Crippen MR) is 153 cm³/mol. The van der Waals surface area contributed by atoms with E-state index in [-0.39, 0.29) is 18.7 Å². The van der Waals surface area contributed by atoms with Gasteiger partial charge in [-0.05, 0) is 49.1 Å². The van der Waals surface area contributed by atoms with Crippen LogP contribution in [0, 0.1) is 6.92 Å². The van der Waals surface area contributed by atoms with Crippen LogP contribution in [-0.4, -0.2) is 52.5 Å². The number of H-pyrrole nitrogens is 2. The zero-order valence-corrected chi connectivity index (χ0v) is 23.8. The maximum Gasteiger partial charge on any atom is 0.490 e. The minimum atomic E-state index is -5.13. The Morgan fingerprint density at radius 3 is 2.51 bits per heavy atom. The van der Waals surface area contributed by atoms with Gasteiger partial charge in [-0.1, -0.05) is 43.2 Å². The fraction of sp³-hybridized carbons (Fsp3) is 0.355. The summed E-state index contributed by atoms with van der Waals surface area (Å²) in [4.78, 5) is 47.1. The summed E-state index contributed by atoms with van der Waals surface area (Å²) in [5, 5.41) is 4.00. The van der Waals surface area contributed by atoms with Crippen molar-refractivity contribution >= 4 is 28.6 Å². The fourth-order valence-electron chi connectivity index (χ4n) is 4.83. The quantitative estimate of drug-likeness (QED) is 0.123. The molecule has 1 atom stereocenters. The smallest absolute Gasteiger partial charge is 0.490 e. The molecular weight excluding hydrogens is 565 g/mol. The number of Topliss-reactive ketones (excluding diaryl/α,β-unsaturated/α-hetero) is 1. The van der Waals surface area contributed by atoms with Gasteiger partial charge in [-0.3, -0.25) is 9.59 Å². The number of hydrogen-bond donors (Lipinski definition) is 3. The molecule has 4 rings (SSSR count). The highest BCUT2D eigenvalue weighted by atomic mass is 19.4. The molecule has 2 heterocycles. The molecule has 43 heavy (non-hydrogen) atoms. The standard InChI is InChI=1S/C31H33F3N4O5/c1-19-23(24-15-22(42-2)13-14-25(24)36-19)16-28(40)37-26(29-35-17-27(38-29)20-9-5-3-6-10-20)12-8-4-7-11-21(39)18-43-30(41)31(32,33)34/h3,5-6,9-10,13-15,17,26,36H,4,7-8,11-12,16,18H2,1-2H3,(H,35,38)(H,37,40). The Hall–Kier alpha value is -4.61. The summed E-state index contributed by atoms with van der Waals surface area (Å²) < 4.78 is 46.1. The lowest BCUT2D eigenvalue weighted by Crippen LogP contribution is -2.30. The number of hydrogen-bond acceptors (Lipinski definition) is 6. The Morgan fingerprint density at radius 1 is 1.02 bits per heavy atom. The van der Waals surface area contributed by atoms with E-state index in [0.717, 1.165) is 33.4 Å². The van der Waals surface area contributed by atoms with Crippen LogP contribution in [0.3, 0.4) is 0 Å². The minimum Gasteiger partial charge on any atom is -0.497 e. The molecule has 0 fully saturated rings. The second kappa shape index (κ2) is 14.0. The molecule has 12 heteroatoms. The number of aryl methyl sites for hydroxylation is 1. The molecule has 4 aromatic rings. The first-order chi connectivity index (χ1) is 20.5. The third-order valence-corrected chi connectivity index (χ3v) is 7.05. The number of alkyl halides is 3. The Kier molecular flexibility index (Phi) is 10.2. The van der Waals surface area contributed by atoms with Crippen LogP contribution in [0.1, 0.15) is 55.2 Å². The summed E-state index contributed by atoms with van der Waals surface area (Å²) in [6, 6.07) is 14.8. The summed E-state index contributed by atoms with van der Waals surface area (Å²) in [6.07, 6.45) is -1.24. The van der Waals surface area contributed by atoms with Gasteiger partial charge in [0.1, 0.15) is 18.2 Å². The molecule has 1 amide bonds. The van der Waals surface area contributed by atoms with E-state index < -0.39 is 30.6 Å². The van der Waals surface area contributed by atoms with E-state index in [2.05, 4.69) is 25.0 Å². The summed E-state index contributed by atoms with van der Waals surface area (Å²) >= 11 is 0. The molecule has 0 aliphatic rings. The maximum atomic E-state index is 13.3. The third kappa shape index (κ3) is 8.46. The van der Waals surface area contributed by atoms with E-state index in [1.807, 2.05) is 55.5 Å². The number of nitrogens with zero attached hydrogens (tertiary/aromatic N) is 1. The number of esters is 1. The first-order valence-electron chi connectivity index (χ1n) is 13.9. The summed E-state index contributed by atoms with van der Waals surface area (Å²) in [5.41, 5.74) is 4.39. The minimum absolute atomic E-state index is 0.0234. The number of ketones is 1. The first-order valence-corrected chi connectivity index (χ1v) is 13.9. The first kappa shape index (κ1) is 31.3. The van der Waals surface area contributed by atoms with Crippen LogP contribution >= 0.6 is 0 Å². The number of methoxy groups -OCH3 is 1. The van der Waals surface area contributed by atoms with Crippen LogP contribution in [0.2, 0.25) is 0 Å². The summed E-state index contributed by atoms with van der Waals surface area (Å²) in [5.74, 6) is -1.90. The molecular formula is C31H33F3N4O5. The number of aromatic nitrogens is 3. The number of carbonyl (C=O) groups is 3. The fourth-order valence-corrected chi connectivity index (χ4v) is 4.83. The summed E-state index contributed by atoms with van der Waals surface area (Å²) in [7, 11) is 1.59. The molecule has 0 saturated carbocycles. The number of imidazole rings is 1. The second-order valence-corrected chi connectivity index (χ2v) is 10.2. The maximum absolute atomic E-state index is 13.3. The van der Waals surface area contributed by atoms with Crippen molar-refractivity contribution in [3.8, 4) is 17.0 Å². The number of fused-ring (bicyclic) bond motifs is 1. The molecule has 2 aromatic heterocycles. The van der Waals surface area contributed by atoms with E-state index in [1.54, 1.807) is 13.3 Å². The van der Waals surface area contributed by atoms with Gasteiger partial charge < -0.3 is 24.8 Å². The molecule has 228 valence electrons. The Balaban J connectivity index is 1.39. The van der Waals surface area contributed by atoms with Crippen LogP contribution in [0.15, 0.2) is 54.7 Å². The van der Waals surface area contributed by atoms with Crippen LogP contribution in [-0.2, 0) is 25.5 Å². The summed E-state index contributed by atoms with van der Waals surface area (Å²) in [6.45, 7) is 1.00. The Labute approximate surface area is 246 Å². The monoisotopic (exact) mass is 598 g/mol. The zero-order chi connectivity index (χ0) is 31.0. The van der Waals surface area contributed by atoms with Gasteiger partial charge in [0.2, 0.25) is 5.91 Å². The normalized spacial score (nSPS) is 12.2. The lowest BCUT2D eigenvalue weighted by Gasteiger charge is -2.17. The van der Waals surface area contributed by atoms with Gasteiger partial charge in [0, 0.05) is 23.0 Å². The number of rotatable bonds is 14. The number of nitrogens with one attached hydrogen (secondary N) is 3. The number of unbranched alkanes of at least 4 members (excludes halogenated alkanes) is 2. The Morgan fingerprint density at radius 2 is 1.79 bits per heavy atom. The topological polar surface area (TPSA) is 126 Å². The third-order valence-electron chi connectivity index (χ3n) is 7.05. The van der Waals surface area contributed by atoms with Gasteiger partial charge in [0.25, 0.3) is 0 Å². The van der Waals surface area contributed by atoms with Crippen molar-refractivity contribution in [2.24, 2.45) is 0 Å². The van der Waals surface area contributed by atoms with Crippen molar-refractivity contribution in [1.82, 2.24) is 20.3 Å². The molecule has 1 unspecified atom stereocenters. The SMILES string of the molecule is COc1ccc2[nH]c(C)c(CC(=O)NC(CCCCCC(=O)COC(=O)C(F)(F)F)c3ncc(-c4ccccc4)[nH]3)c2c1. The van der Waals surface area contributed by atoms with Gasteiger partial charge >= 0.3 is 12.1 Å². The molecule has 3 N–H and O–H groups in total. The lowest BCUT2D eigenvalue weighted by atomic mass is 10.0. The van der Waals surface area contributed by atoms with Crippen LogP contribution in [0.4, 0.5) is 13.2 Å². The van der Waals surface area contributed by atoms with Crippen molar-refractivity contribution < 1.29 is 37.0 Å². The molecule has 0 aliphatic heterocycles. The highest BCUT2D eigenvalue weighted by Gasteiger charge is 2.41. The molecule has 0 saturated heterocycles. The van der Waals surface area contributed by atoms with Crippen molar-refractivity contribution in [3.05, 3.63) is 71.8 Å². The average Bonchev–Trinajstić information content (AvgIpc) is 3.59. The highest BCUT2D eigenvalue weighted by Crippen LogP contribution is 2.28. The van der Waals surface area contributed by atoms with Crippen molar-refractivity contribution in [1.29, 1.82) is 0 Å². The van der Waals surface area contributed by atoms with Crippen molar-refractivity contribution in [3.63, 3.8) is 0 Å².